The maximum absolute atomic E-state index is 12.2. The summed E-state index contributed by atoms with van der Waals surface area (Å²) < 4.78 is 10.6. The van der Waals surface area contributed by atoms with Crippen molar-refractivity contribution in [1.29, 1.82) is 0 Å². The normalized spacial score (nSPS) is 17.3. The van der Waals surface area contributed by atoms with Gasteiger partial charge in [0.1, 0.15) is 11.5 Å². The standard InChI is InChI=1S/C17H24N4O5/c1-25-12-4-3-11(14(7-12)26-2)10-21-6-5-19-17(24)13(21)8-16(23)20-9-15(18)22/h3-4,7,13H,5-6,8-10H2,1-2H3,(H2,18,22)(H,19,24)(H,20,23)/t13-/m1/s1. The zero-order chi connectivity index (χ0) is 19.1. The van der Waals surface area contributed by atoms with Gasteiger partial charge in [0.15, 0.2) is 0 Å². The van der Waals surface area contributed by atoms with Crippen LogP contribution in [0.25, 0.3) is 0 Å². The average Bonchev–Trinajstić information content (AvgIpc) is 2.63. The molecule has 9 heteroatoms. The third-order valence-electron chi connectivity index (χ3n) is 4.15. The number of benzene rings is 1. The number of carbonyl (C=O) groups is 3. The van der Waals surface area contributed by atoms with Gasteiger partial charge >= 0.3 is 0 Å². The van der Waals surface area contributed by atoms with E-state index in [4.69, 9.17) is 15.2 Å². The van der Waals surface area contributed by atoms with Crippen molar-refractivity contribution in [3.63, 3.8) is 0 Å². The number of amides is 3. The predicted octanol–water partition coefficient (Wildman–Crippen LogP) is -1.00. The molecular weight excluding hydrogens is 340 g/mol. The van der Waals surface area contributed by atoms with Crippen LogP contribution in [0, 0.1) is 0 Å². The van der Waals surface area contributed by atoms with Gasteiger partial charge in [0.25, 0.3) is 0 Å². The number of nitrogens with zero attached hydrogens (tertiary/aromatic N) is 1. The molecule has 1 saturated heterocycles. The van der Waals surface area contributed by atoms with Gasteiger partial charge in [0, 0.05) is 31.3 Å². The maximum atomic E-state index is 12.2. The van der Waals surface area contributed by atoms with Crippen LogP contribution in [0.15, 0.2) is 18.2 Å². The van der Waals surface area contributed by atoms with Crippen molar-refractivity contribution >= 4 is 17.7 Å². The van der Waals surface area contributed by atoms with Crippen LogP contribution in [0.2, 0.25) is 0 Å². The molecule has 1 atom stereocenters. The van der Waals surface area contributed by atoms with E-state index in [0.29, 0.717) is 31.1 Å². The fraction of sp³-hybridized carbons (Fsp3) is 0.471. The van der Waals surface area contributed by atoms with E-state index in [0.717, 1.165) is 5.56 Å². The second kappa shape index (κ2) is 9.04. The second-order valence-electron chi connectivity index (χ2n) is 5.90. The number of piperazine rings is 1. The van der Waals surface area contributed by atoms with Crippen LogP contribution in [0.1, 0.15) is 12.0 Å². The van der Waals surface area contributed by atoms with Gasteiger partial charge < -0.3 is 25.8 Å². The monoisotopic (exact) mass is 364 g/mol. The maximum Gasteiger partial charge on any atom is 0.237 e. The van der Waals surface area contributed by atoms with E-state index in [-0.39, 0.29) is 18.9 Å². The molecule has 2 rings (SSSR count). The molecule has 4 N–H and O–H groups in total. The Morgan fingerprint density at radius 3 is 2.77 bits per heavy atom. The minimum Gasteiger partial charge on any atom is -0.497 e. The molecule has 0 bridgehead atoms. The summed E-state index contributed by atoms with van der Waals surface area (Å²) in [6, 6.07) is 4.82. The van der Waals surface area contributed by atoms with Crippen molar-refractivity contribution in [3.8, 4) is 11.5 Å². The van der Waals surface area contributed by atoms with E-state index in [2.05, 4.69) is 10.6 Å². The highest BCUT2D eigenvalue weighted by Crippen LogP contribution is 2.27. The highest BCUT2D eigenvalue weighted by Gasteiger charge is 2.32. The van der Waals surface area contributed by atoms with E-state index >= 15 is 0 Å². The Bertz CT molecular complexity index is 679. The lowest BCUT2D eigenvalue weighted by molar-refractivity contribution is -0.134. The molecular formula is C17H24N4O5. The highest BCUT2D eigenvalue weighted by molar-refractivity contribution is 5.90. The van der Waals surface area contributed by atoms with Crippen molar-refractivity contribution in [2.24, 2.45) is 5.73 Å². The first kappa shape index (κ1) is 19.5. The molecule has 26 heavy (non-hydrogen) atoms. The smallest absolute Gasteiger partial charge is 0.237 e. The first-order chi connectivity index (χ1) is 12.4. The number of nitrogens with one attached hydrogen (secondary N) is 2. The van der Waals surface area contributed by atoms with E-state index in [1.54, 1.807) is 20.3 Å². The Labute approximate surface area is 151 Å². The molecule has 1 aliphatic heterocycles. The fourth-order valence-electron chi connectivity index (χ4n) is 2.81. The van der Waals surface area contributed by atoms with Crippen LogP contribution >= 0.6 is 0 Å². The van der Waals surface area contributed by atoms with Crippen LogP contribution in [0.3, 0.4) is 0 Å². The quantitative estimate of drug-likeness (QED) is 0.543. The number of hydrogen-bond acceptors (Lipinski definition) is 6. The minimum atomic E-state index is -0.636. The minimum absolute atomic E-state index is 0.0580. The molecule has 0 radical (unpaired) electrons. The molecule has 3 amide bonds. The molecule has 0 aliphatic carbocycles. The van der Waals surface area contributed by atoms with Crippen LogP contribution in [-0.2, 0) is 20.9 Å². The molecule has 1 aromatic carbocycles. The highest BCUT2D eigenvalue weighted by atomic mass is 16.5. The zero-order valence-corrected chi connectivity index (χ0v) is 14.9. The van der Waals surface area contributed by atoms with E-state index in [1.807, 2.05) is 17.0 Å². The molecule has 1 aromatic rings. The molecule has 9 nitrogen and oxygen atoms in total. The first-order valence-corrected chi connectivity index (χ1v) is 8.22. The Morgan fingerprint density at radius 1 is 1.35 bits per heavy atom. The van der Waals surface area contributed by atoms with Gasteiger partial charge in [0.05, 0.1) is 33.2 Å². The van der Waals surface area contributed by atoms with Crippen LogP contribution in [-0.4, -0.2) is 62.5 Å². The van der Waals surface area contributed by atoms with Crippen molar-refractivity contribution in [1.82, 2.24) is 15.5 Å². The van der Waals surface area contributed by atoms with Crippen LogP contribution in [0.4, 0.5) is 0 Å². The lowest BCUT2D eigenvalue weighted by Crippen LogP contribution is -2.56. The van der Waals surface area contributed by atoms with Crippen molar-refractivity contribution < 1.29 is 23.9 Å². The number of hydrogen-bond donors (Lipinski definition) is 3. The topological polar surface area (TPSA) is 123 Å². The summed E-state index contributed by atoms with van der Waals surface area (Å²) in [5.74, 6) is 0.0541. The van der Waals surface area contributed by atoms with Gasteiger partial charge in [-0.05, 0) is 6.07 Å². The molecule has 1 heterocycles. The number of carbonyl (C=O) groups excluding carboxylic acids is 3. The Kier molecular flexibility index (Phi) is 6.79. The molecule has 1 aliphatic rings. The summed E-state index contributed by atoms with van der Waals surface area (Å²) in [5, 5.41) is 5.17. The molecule has 0 unspecified atom stereocenters. The van der Waals surface area contributed by atoms with Gasteiger partial charge in [-0.2, -0.15) is 0 Å². The predicted molar refractivity (Wildman–Crippen MR) is 93.6 cm³/mol. The average molecular weight is 364 g/mol. The summed E-state index contributed by atoms with van der Waals surface area (Å²) in [5.41, 5.74) is 5.90. The number of methoxy groups -OCH3 is 2. The summed E-state index contributed by atoms with van der Waals surface area (Å²) in [4.78, 5) is 36.9. The Balaban J connectivity index is 2.11. The van der Waals surface area contributed by atoms with Crippen LogP contribution < -0.4 is 25.8 Å². The molecule has 0 aromatic heterocycles. The SMILES string of the molecule is COc1ccc(CN2CCNC(=O)[C@H]2CC(=O)NCC(N)=O)c(OC)c1. The van der Waals surface area contributed by atoms with Crippen molar-refractivity contribution in [2.75, 3.05) is 33.9 Å². The van der Waals surface area contributed by atoms with Gasteiger partial charge in [-0.25, -0.2) is 0 Å². The lowest BCUT2D eigenvalue weighted by Gasteiger charge is -2.35. The van der Waals surface area contributed by atoms with E-state index in [1.165, 1.54) is 0 Å². The molecule has 0 spiro atoms. The van der Waals surface area contributed by atoms with Gasteiger partial charge in [-0.15, -0.1) is 0 Å². The number of rotatable bonds is 8. The molecule has 142 valence electrons. The summed E-state index contributed by atoms with van der Waals surface area (Å²) in [6.07, 6.45) is -0.0580. The third-order valence-corrected chi connectivity index (χ3v) is 4.15. The van der Waals surface area contributed by atoms with Crippen LogP contribution in [0.5, 0.6) is 11.5 Å². The van der Waals surface area contributed by atoms with Crippen molar-refractivity contribution in [2.45, 2.75) is 19.0 Å². The Morgan fingerprint density at radius 2 is 2.12 bits per heavy atom. The van der Waals surface area contributed by atoms with Gasteiger partial charge in [0.2, 0.25) is 17.7 Å². The summed E-state index contributed by atoms with van der Waals surface area (Å²) >= 11 is 0. The van der Waals surface area contributed by atoms with Crippen molar-refractivity contribution in [3.05, 3.63) is 23.8 Å². The van der Waals surface area contributed by atoms with E-state index < -0.39 is 17.9 Å². The third kappa shape index (κ3) is 5.09. The number of primary amides is 1. The molecule has 1 fully saturated rings. The summed E-state index contributed by atoms with van der Waals surface area (Å²) in [6.45, 7) is 1.28. The first-order valence-electron chi connectivity index (χ1n) is 8.22. The second-order valence-corrected chi connectivity index (χ2v) is 5.90. The number of nitrogens with two attached hydrogens (primary N) is 1. The number of ether oxygens (including phenoxy) is 2. The molecule has 0 saturated carbocycles. The summed E-state index contributed by atoms with van der Waals surface area (Å²) in [7, 11) is 3.14. The lowest BCUT2D eigenvalue weighted by atomic mass is 10.1. The van der Waals surface area contributed by atoms with E-state index in [9.17, 15) is 14.4 Å². The Hall–Kier alpha value is -2.81. The van der Waals surface area contributed by atoms with Gasteiger partial charge in [-0.1, -0.05) is 6.07 Å². The fourth-order valence-corrected chi connectivity index (χ4v) is 2.81. The largest absolute Gasteiger partial charge is 0.497 e. The van der Waals surface area contributed by atoms with Gasteiger partial charge in [-0.3, -0.25) is 19.3 Å². The zero-order valence-electron chi connectivity index (χ0n) is 14.9.